The highest BCUT2D eigenvalue weighted by Crippen LogP contribution is 2.19. The van der Waals surface area contributed by atoms with E-state index in [1.807, 2.05) is 0 Å². The number of nitrogens with one attached hydrogen (secondary N) is 3. The second-order valence-corrected chi connectivity index (χ2v) is 4.39. The number of aromatic amines is 2. The lowest BCUT2D eigenvalue weighted by atomic mass is 9.96. The summed E-state index contributed by atoms with van der Waals surface area (Å²) < 4.78 is 0. The Labute approximate surface area is 97.0 Å². The van der Waals surface area contributed by atoms with Crippen molar-refractivity contribution in [3.05, 3.63) is 10.4 Å². The van der Waals surface area contributed by atoms with Crippen molar-refractivity contribution >= 4 is 17.1 Å². The van der Waals surface area contributed by atoms with Gasteiger partial charge in [-0.05, 0) is 12.8 Å². The Kier molecular flexibility index (Phi) is 2.50. The zero-order valence-corrected chi connectivity index (χ0v) is 9.36. The number of anilines is 1. The lowest BCUT2D eigenvalue weighted by Gasteiger charge is -2.22. The van der Waals surface area contributed by atoms with Crippen molar-refractivity contribution in [2.24, 2.45) is 0 Å². The summed E-state index contributed by atoms with van der Waals surface area (Å²) in [5.74, 6) is 0.489. The van der Waals surface area contributed by atoms with Crippen molar-refractivity contribution in [1.29, 1.82) is 0 Å². The first-order valence-corrected chi connectivity index (χ1v) is 5.90. The predicted octanol–water partition coefficient (Wildman–Crippen LogP) is 0.786. The van der Waals surface area contributed by atoms with Crippen molar-refractivity contribution in [2.45, 2.75) is 38.1 Å². The van der Waals surface area contributed by atoms with Crippen molar-refractivity contribution in [1.82, 2.24) is 25.4 Å². The fourth-order valence-electron chi connectivity index (χ4n) is 2.26. The molecule has 0 radical (unpaired) electrons. The zero-order chi connectivity index (χ0) is 11.7. The van der Waals surface area contributed by atoms with Gasteiger partial charge in [-0.2, -0.15) is 10.2 Å². The molecular weight excluding hydrogens is 220 g/mol. The number of hydrogen-bond donors (Lipinski definition) is 3. The Morgan fingerprint density at radius 1 is 1.18 bits per heavy atom. The summed E-state index contributed by atoms with van der Waals surface area (Å²) in [6, 6.07) is 0.399. The molecule has 1 saturated carbocycles. The molecule has 0 aromatic carbocycles. The zero-order valence-electron chi connectivity index (χ0n) is 9.36. The van der Waals surface area contributed by atoms with Crippen LogP contribution in [0.15, 0.2) is 4.79 Å². The number of fused-ring (bicyclic) bond motifs is 1. The fourth-order valence-corrected chi connectivity index (χ4v) is 2.26. The third-order valence-corrected chi connectivity index (χ3v) is 3.14. The minimum atomic E-state index is -0.262. The smallest absolute Gasteiger partial charge is 0.282 e. The van der Waals surface area contributed by atoms with Crippen molar-refractivity contribution in [3.63, 3.8) is 0 Å². The maximum Gasteiger partial charge on any atom is 0.282 e. The van der Waals surface area contributed by atoms with E-state index in [1.54, 1.807) is 0 Å². The van der Waals surface area contributed by atoms with Gasteiger partial charge in [-0.25, -0.2) is 0 Å². The molecule has 7 nitrogen and oxygen atoms in total. The SMILES string of the molecule is O=c1[nH]c(NC2CCCCC2)nc2n[nH]nc12. The highest BCUT2D eigenvalue weighted by atomic mass is 16.1. The normalized spacial score (nSPS) is 17.4. The van der Waals surface area contributed by atoms with Crippen LogP contribution in [0.4, 0.5) is 5.95 Å². The molecule has 2 aromatic heterocycles. The van der Waals surface area contributed by atoms with E-state index in [9.17, 15) is 4.79 Å². The average molecular weight is 234 g/mol. The fraction of sp³-hybridized carbons (Fsp3) is 0.600. The summed E-state index contributed by atoms with van der Waals surface area (Å²) in [6.45, 7) is 0. The molecule has 0 aliphatic heterocycles. The molecule has 0 saturated heterocycles. The van der Waals surface area contributed by atoms with Gasteiger partial charge in [-0.1, -0.05) is 19.3 Å². The van der Waals surface area contributed by atoms with Gasteiger partial charge in [0.1, 0.15) is 0 Å². The summed E-state index contributed by atoms with van der Waals surface area (Å²) in [5.41, 5.74) is 0.341. The Morgan fingerprint density at radius 3 is 2.82 bits per heavy atom. The monoisotopic (exact) mass is 234 g/mol. The van der Waals surface area contributed by atoms with Crippen LogP contribution < -0.4 is 10.9 Å². The van der Waals surface area contributed by atoms with Crippen LogP contribution in [-0.4, -0.2) is 31.4 Å². The number of aromatic nitrogens is 5. The minimum absolute atomic E-state index is 0.249. The number of nitrogens with zero attached hydrogens (tertiary/aromatic N) is 3. The van der Waals surface area contributed by atoms with Gasteiger partial charge in [-0.15, -0.1) is 10.2 Å². The molecule has 90 valence electrons. The molecule has 0 spiro atoms. The lowest BCUT2D eigenvalue weighted by molar-refractivity contribution is 0.461. The van der Waals surface area contributed by atoms with Gasteiger partial charge in [0.2, 0.25) is 11.6 Å². The summed E-state index contributed by atoms with van der Waals surface area (Å²) >= 11 is 0. The van der Waals surface area contributed by atoms with Crippen LogP contribution in [0.2, 0.25) is 0 Å². The van der Waals surface area contributed by atoms with Crippen LogP contribution >= 0.6 is 0 Å². The van der Waals surface area contributed by atoms with E-state index in [0.29, 0.717) is 17.6 Å². The van der Waals surface area contributed by atoms with Gasteiger partial charge < -0.3 is 5.32 Å². The molecule has 0 unspecified atom stereocenters. The van der Waals surface area contributed by atoms with Gasteiger partial charge in [-0.3, -0.25) is 9.78 Å². The quantitative estimate of drug-likeness (QED) is 0.713. The van der Waals surface area contributed by atoms with Gasteiger partial charge in [0.15, 0.2) is 5.52 Å². The van der Waals surface area contributed by atoms with E-state index in [2.05, 4.69) is 30.7 Å². The molecule has 0 amide bonds. The van der Waals surface area contributed by atoms with Gasteiger partial charge in [0, 0.05) is 6.04 Å². The Hall–Kier alpha value is -1.92. The lowest BCUT2D eigenvalue weighted by Crippen LogP contribution is -2.25. The minimum Gasteiger partial charge on any atom is -0.353 e. The van der Waals surface area contributed by atoms with Crippen LogP contribution in [0.1, 0.15) is 32.1 Å². The van der Waals surface area contributed by atoms with Crippen molar-refractivity contribution in [2.75, 3.05) is 5.32 Å². The highest BCUT2D eigenvalue weighted by Gasteiger charge is 2.15. The third-order valence-electron chi connectivity index (χ3n) is 3.14. The highest BCUT2D eigenvalue weighted by molar-refractivity contribution is 5.68. The van der Waals surface area contributed by atoms with E-state index in [1.165, 1.54) is 19.3 Å². The molecule has 3 rings (SSSR count). The second-order valence-electron chi connectivity index (χ2n) is 4.39. The molecule has 0 atom stereocenters. The molecule has 1 aliphatic rings. The molecule has 3 N–H and O–H groups in total. The van der Waals surface area contributed by atoms with Crippen LogP contribution in [0.25, 0.3) is 11.2 Å². The standard InChI is InChI=1S/C10H14N6O/c17-9-7-8(15-16-14-7)12-10(13-9)11-6-4-2-1-3-5-6/h6H,1-5H2,(H3,11,12,13,14,15,16,17). The van der Waals surface area contributed by atoms with Crippen LogP contribution in [0.5, 0.6) is 0 Å². The summed E-state index contributed by atoms with van der Waals surface area (Å²) in [7, 11) is 0. The van der Waals surface area contributed by atoms with Crippen LogP contribution in [0, 0.1) is 0 Å². The molecule has 1 fully saturated rings. The molecule has 2 aromatic rings. The maximum atomic E-state index is 11.6. The molecule has 17 heavy (non-hydrogen) atoms. The summed E-state index contributed by atoms with van der Waals surface area (Å²) in [5, 5.41) is 13.2. The number of H-pyrrole nitrogens is 2. The summed E-state index contributed by atoms with van der Waals surface area (Å²) in [4.78, 5) is 18.5. The van der Waals surface area contributed by atoms with Crippen LogP contribution in [-0.2, 0) is 0 Å². The number of hydrogen-bond acceptors (Lipinski definition) is 5. The first-order valence-electron chi connectivity index (χ1n) is 5.90. The predicted molar refractivity (Wildman–Crippen MR) is 62.8 cm³/mol. The topological polar surface area (TPSA) is 99.4 Å². The van der Waals surface area contributed by atoms with Crippen LogP contribution in [0.3, 0.4) is 0 Å². The molecule has 0 bridgehead atoms. The first-order chi connectivity index (χ1) is 8.33. The van der Waals surface area contributed by atoms with Crippen molar-refractivity contribution in [3.8, 4) is 0 Å². The first kappa shape index (κ1) is 10.2. The Bertz CT molecular complexity index is 567. The van der Waals surface area contributed by atoms with E-state index in [-0.39, 0.29) is 11.1 Å². The Balaban J connectivity index is 1.87. The molecular formula is C10H14N6O. The van der Waals surface area contributed by atoms with E-state index >= 15 is 0 Å². The van der Waals surface area contributed by atoms with E-state index in [0.717, 1.165) is 12.8 Å². The molecule has 1 aliphatic carbocycles. The Morgan fingerprint density at radius 2 is 2.00 bits per heavy atom. The largest absolute Gasteiger partial charge is 0.353 e. The summed E-state index contributed by atoms with van der Waals surface area (Å²) in [6.07, 6.45) is 6.01. The molecule has 2 heterocycles. The van der Waals surface area contributed by atoms with Gasteiger partial charge >= 0.3 is 0 Å². The average Bonchev–Trinajstić information content (AvgIpc) is 2.79. The second kappa shape index (κ2) is 4.15. The van der Waals surface area contributed by atoms with Gasteiger partial charge in [0.25, 0.3) is 5.56 Å². The maximum absolute atomic E-state index is 11.6. The molecule has 7 heteroatoms. The number of rotatable bonds is 2. The van der Waals surface area contributed by atoms with Gasteiger partial charge in [0.05, 0.1) is 0 Å². The van der Waals surface area contributed by atoms with Crippen molar-refractivity contribution < 1.29 is 0 Å². The van der Waals surface area contributed by atoms with E-state index < -0.39 is 0 Å². The van der Waals surface area contributed by atoms with E-state index in [4.69, 9.17) is 0 Å². The third kappa shape index (κ3) is 2.00.